The van der Waals surface area contributed by atoms with Gasteiger partial charge in [0.15, 0.2) is 0 Å². The van der Waals surface area contributed by atoms with E-state index >= 15 is 0 Å². The van der Waals surface area contributed by atoms with Crippen LogP contribution in [0.15, 0.2) is 28.8 Å². The van der Waals surface area contributed by atoms with Crippen molar-refractivity contribution in [2.45, 2.75) is 33.3 Å². The quantitative estimate of drug-likeness (QED) is 0.808. The second kappa shape index (κ2) is 5.60. The van der Waals surface area contributed by atoms with E-state index in [2.05, 4.69) is 5.16 Å². The number of aromatic nitrogens is 1. The number of carbonyl (C=O) groups excluding carboxylic acids is 1. The third kappa shape index (κ3) is 3.24. The number of ether oxygens (including phenoxy) is 2. The molecule has 2 rings (SSSR count). The third-order valence-electron chi connectivity index (χ3n) is 2.83. The molecule has 0 saturated heterocycles. The van der Waals surface area contributed by atoms with Gasteiger partial charge in [0.25, 0.3) is 0 Å². The molecule has 0 aliphatic rings. The maximum absolute atomic E-state index is 12.4. The lowest BCUT2D eigenvalue weighted by Gasteiger charge is -2.19. The zero-order valence-electron chi connectivity index (χ0n) is 12.9. The van der Waals surface area contributed by atoms with E-state index in [1.165, 1.54) is 0 Å². The van der Waals surface area contributed by atoms with E-state index in [4.69, 9.17) is 14.0 Å². The standard InChI is InChI=1S/C16H19NO4/c1-10-13(15(18)20-16(2,3)4)14(17-21-10)11-8-6-7-9-12(11)19-5/h6-9H,1-5H3. The average molecular weight is 289 g/mol. The number of nitrogens with zero attached hydrogens (tertiary/aromatic N) is 1. The van der Waals surface area contributed by atoms with Crippen molar-refractivity contribution in [1.82, 2.24) is 5.16 Å². The molecule has 0 bridgehead atoms. The lowest BCUT2D eigenvalue weighted by molar-refractivity contribution is 0.00686. The summed E-state index contributed by atoms with van der Waals surface area (Å²) in [6, 6.07) is 7.32. The number of carbonyl (C=O) groups is 1. The van der Waals surface area contributed by atoms with Crippen molar-refractivity contribution in [3.8, 4) is 17.0 Å². The minimum Gasteiger partial charge on any atom is -0.496 e. The van der Waals surface area contributed by atoms with Gasteiger partial charge in [0, 0.05) is 5.56 Å². The monoisotopic (exact) mass is 289 g/mol. The number of benzene rings is 1. The lowest BCUT2D eigenvalue weighted by Crippen LogP contribution is -2.24. The Morgan fingerprint density at radius 2 is 1.90 bits per heavy atom. The summed E-state index contributed by atoms with van der Waals surface area (Å²) in [5, 5.41) is 3.99. The first-order valence-electron chi connectivity index (χ1n) is 6.66. The minimum absolute atomic E-state index is 0.328. The summed E-state index contributed by atoms with van der Waals surface area (Å²) in [7, 11) is 1.57. The molecule has 5 nitrogen and oxygen atoms in total. The highest BCUT2D eigenvalue weighted by molar-refractivity contribution is 5.98. The van der Waals surface area contributed by atoms with Crippen molar-refractivity contribution in [1.29, 1.82) is 0 Å². The van der Waals surface area contributed by atoms with E-state index in [0.29, 0.717) is 28.3 Å². The fraction of sp³-hybridized carbons (Fsp3) is 0.375. The summed E-state index contributed by atoms with van der Waals surface area (Å²) in [5.41, 5.74) is 0.866. The van der Waals surface area contributed by atoms with Gasteiger partial charge in [-0.3, -0.25) is 0 Å². The highest BCUT2D eigenvalue weighted by Gasteiger charge is 2.27. The van der Waals surface area contributed by atoms with Gasteiger partial charge in [0.1, 0.15) is 28.4 Å². The summed E-state index contributed by atoms with van der Waals surface area (Å²) in [6.45, 7) is 7.13. The van der Waals surface area contributed by atoms with Crippen LogP contribution in [0, 0.1) is 6.92 Å². The van der Waals surface area contributed by atoms with Crippen molar-refractivity contribution in [3.63, 3.8) is 0 Å². The van der Waals surface area contributed by atoms with E-state index in [-0.39, 0.29) is 0 Å². The predicted molar refractivity (Wildman–Crippen MR) is 78.4 cm³/mol. The van der Waals surface area contributed by atoms with Crippen molar-refractivity contribution in [2.24, 2.45) is 0 Å². The molecule has 0 radical (unpaired) electrons. The van der Waals surface area contributed by atoms with Gasteiger partial charge in [-0.05, 0) is 39.8 Å². The molecule has 0 unspecified atom stereocenters. The van der Waals surface area contributed by atoms with Crippen molar-refractivity contribution in [2.75, 3.05) is 7.11 Å². The summed E-state index contributed by atoms with van der Waals surface area (Å²) in [4.78, 5) is 12.4. The predicted octanol–water partition coefficient (Wildman–Crippen LogP) is 3.61. The zero-order chi connectivity index (χ0) is 15.6. The fourth-order valence-corrected chi connectivity index (χ4v) is 1.97. The number of rotatable bonds is 3. The Morgan fingerprint density at radius 3 is 2.52 bits per heavy atom. The molecule has 0 N–H and O–H groups in total. The Balaban J connectivity index is 2.50. The smallest absolute Gasteiger partial charge is 0.344 e. The van der Waals surface area contributed by atoms with E-state index in [1.54, 1.807) is 20.1 Å². The van der Waals surface area contributed by atoms with Gasteiger partial charge in [-0.1, -0.05) is 17.3 Å². The van der Waals surface area contributed by atoms with Crippen LogP contribution in [0.4, 0.5) is 0 Å². The lowest BCUT2D eigenvalue weighted by atomic mass is 10.0. The first-order valence-corrected chi connectivity index (χ1v) is 6.66. The normalized spacial score (nSPS) is 11.3. The molecule has 5 heteroatoms. The van der Waals surface area contributed by atoms with Crippen LogP contribution in [0.2, 0.25) is 0 Å². The molecule has 21 heavy (non-hydrogen) atoms. The molecular weight excluding hydrogens is 270 g/mol. The van der Waals surface area contributed by atoms with Gasteiger partial charge < -0.3 is 14.0 Å². The van der Waals surface area contributed by atoms with Crippen molar-refractivity contribution in [3.05, 3.63) is 35.6 Å². The van der Waals surface area contributed by atoms with E-state index in [0.717, 1.165) is 0 Å². The van der Waals surface area contributed by atoms with Crippen LogP contribution in [-0.2, 0) is 4.74 Å². The molecule has 0 spiro atoms. The summed E-state index contributed by atoms with van der Waals surface area (Å²) >= 11 is 0. The second-order valence-corrected chi connectivity index (χ2v) is 5.66. The molecule has 1 aromatic carbocycles. The number of methoxy groups -OCH3 is 1. The van der Waals surface area contributed by atoms with Crippen LogP contribution in [0.5, 0.6) is 5.75 Å². The van der Waals surface area contributed by atoms with Gasteiger partial charge in [-0.25, -0.2) is 4.79 Å². The van der Waals surface area contributed by atoms with E-state index in [9.17, 15) is 4.79 Å². The Labute approximate surface area is 123 Å². The molecule has 0 aliphatic carbocycles. The van der Waals surface area contributed by atoms with Gasteiger partial charge in [0.05, 0.1) is 7.11 Å². The van der Waals surface area contributed by atoms with Crippen LogP contribution in [0.3, 0.4) is 0 Å². The number of hydrogen-bond donors (Lipinski definition) is 0. The largest absolute Gasteiger partial charge is 0.496 e. The molecule has 0 fully saturated rings. The molecule has 0 saturated carbocycles. The molecular formula is C16H19NO4. The molecule has 0 atom stereocenters. The number of hydrogen-bond acceptors (Lipinski definition) is 5. The van der Waals surface area contributed by atoms with Crippen LogP contribution in [-0.4, -0.2) is 23.8 Å². The Hall–Kier alpha value is -2.30. The summed E-state index contributed by atoms with van der Waals surface area (Å²) < 4.78 is 15.9. The first kappa shape index (κ1) is 15.1. The first-order chi connectivity index (χ1) is 9.83. The zero-order valence-corrected chi connectivity index (χ0v) is 12.9. The van der Waals surface area contributed by atoms with Crippen molar-refractivity contribution >= 4 is 5.97 Å². The van der Waals surface area contributed by atoms with Gasteiger partial charge in [0.2, 0.25) is 0 Å². The maximum Gasteiger partial charge on any atom is 0.344 e. The number of esters is 1. The van der Waals surface area contributed by atoms with Gasteiger partial charge in [-0.15, -0.1) is 0 Å². The maximum atomic E-state index is 12.4. The highest BCUT2D eigenvalue weighted by Crippen LogP contribution is 2.33. The van der Waals surface area contributed by atoms with Crippen molar-refractivity contribution < 1.29 is 18.8 Å². The fourth-order valence-electron chi connectivity index (χ4n) is 1.97. The molecule has 1 heterocycles. The molecule has 0 amide bonds. The van der Waals surface area contributed by atoms with Crippen LogP contribution in [0.25, 0.3) is 11.3 Å². The molecule has 112 valence electrons. The highest BCUT2D eigenvalue weighted by atomic mass is 16.6. The SMILES string of the molecule is COc1ccccc1-c1noc(C)c1C(=O)OC(C)(C)C. The molecule has 2 aromatic rings. The minimum atomic E-state index is -0.584. The Kier molecular flexibility index (Phi) is 4.02. The van der Waals surface area contributed by atoms with Crippen LogP contribution in [0.1, 0.15) is 36.9 Å². The van der Waals surface area contributed by atoms with Gasteiger partial charge in [-0.2, -0.15) is 0 Å². The average Bonchev–Trinajstić information content (AvgIpc) is 2.78. The van der Waals surface area contributed by atoms with E-state index < -0.39 is 11.6 Å². The summed E-state index contributed by atoms with van der Waals surface area (Å²) in [6.07, 6.45) is 0. The van der Waals surface area contributed by atoms with Crippen LogP contribution >= 0.6 is 0 Å². The van der Waals surface area contributed by atoms with Gasteiger partial charge >= 0.3 is 5.97 Å². The third-order valence-corrected chi connectivity index (χ3v) is 2.83. The Morgan fingerprint density at radius 1 is 1.24 bits per heavy atom. The number of aryl methyl sites for hydroxylation is 1. The molecule has 1 aromatic heterocycles. The van der Waals surface area contributed by atoms with E-state index in [1.807, 2.05) is 39.0 Å². The Bertz CT molecular complexity index is 653. The second-order valence-electron chi connectivity index (χ2n) is 5.66. The van der Waals surface area contributed by atoms with Crippen LogP contribution < -0.4 is 4.74 Å². The topological polar surface area (TPSA) is 61.6 Å². The number of para-hydroxylation sites is 1. The molecule has 0 aliphatic heterocycles. The summed E-state index contributed by atoms with van der Waals surface area (Å²) in [5.74, 6) is 0.586.